The zero-order chi connectivity index (χ0) is 17.1. The van der Waals surface area contributed by atoms with E-state index in [4.69, 9.17) is 11.3 Å². The van der Waals surface area contributed by atoms with Gasteiger partial charge in [-0.05, 0) is 18.6 Å². The summed E-state index contributed by atoms with van der Waals surface area (Å²) in [6.07, 6.45) is 1.39. The minimum absolute atomic E-state index is 0.00939. The lowest BCUT2D eigenvalue weighted by atomic mass is 10.0. The van der Waals surface area contributed by atoms with Crippen LogP contribution in [0.25, 0.3) is 26.9 Å². The van der Waals surface area contributed by atoms with Crippen molar-refractivity contribution in [3.8, 4) is 11.1 Å². The predicted molar refractivity (Wildman–Crippen MR) is 92.2 cm³/mol. The largest absolute Gasteiger partial charge is 0.462 e. The quantitative estimate of drug-likeness (QED) is 0.588. The van der Waals surface area contributed by atoms with E-state index in [1.807, 2.05) is 18.2 Å². The van der Waals surface area contributed by atoms with Crippen LogP contribution >= 0.6 is 0 Å². The van der Waals surface area contributed by atoms with Crippen LogP contribution in [0.4, 0.5) is 5.69 Å². The Morgan fingerprint density at radius 1 is 1.21 bits per heavy atom. The number of aromatic nitrogens is 1. The summed E-state index contributed by atoms with van der Waals surface area (Å²) in [5.74, 6) is -0.632. The zero-order valence-electron chi connectivity index (χ0n) is 13.0. The van der Waals surface area contributed by atoms with Crippen LogP contribution in [0.1, 0.15) is 17.3 Å². The summed E-state index contributed by atoms with van der Waals surface area (Å²) in [5, 5.41) is 0.423. The molecule has 0 unspecified atom stereocenters. The molecule has 5 nitrogen and oxygen atoms in total. The maximum atomic E-state index is 12.6. The lowest BCUT2D eigenvalue weighted by Gasteiger charge is -2.08. The maximum Gasteiger partial charge on any atom is 0.343 e. The van der Waals surface area contributed by atoms with Gasteiger partial charge < -0.3 is 9.72 Å². The van der Waals surface area contributed by atoms with Gasteiger partial charge in [0.2, 0.25) is 5.43 Å². The minimum atomic E-state index is -0.632. The van der Waals surface area contributed by atoms with Gasteiger partial charge in [-0.2, -0.15) is 0 Å². The molecule has 3 aromatic rings. The lowest BCUT2D eigenvalue weighted by Crippen LogP contribution is -2.18. The number of rotatable bonds is 3. The van der Waals surface area contributed by atoms with Crippen molar-refractivity contribution in [2.24, 2.45) is 0 Å². The Morgan fingerprint density at radius 3 is 2.62 bits per heavy atom. The van der Waals surface area contributed by atoms with Gasteiger partial charge in [0.05, 0.1) is 18.7 Å². The summed E-state index contributed by atoms with van der Waals surface area (Å²) >= 11 is 0. The Morgan fingerprint density at radius 2 is 1.96 bits per heavy atom. The molecule has 118 valence electrons. The van der Waals surface area contributed by atoms with Crippen molar-refractivity contribution in [3.63, 3.8) is 0 Å². The average molecular weight is 318 g/mol. The van der Waals surface area contributed by atoms with E-state index >= 15 is 0 Å². The van der Waals surface area contributed by atoms with Gasteiger partial charge in [0.15, 0.2) is 5.69 Å². The molecule has 5 heteroatoms. The van der Waals surface area contributed by atoms with Gasteiger partial charge in [-0.15, -0.1) is 0 Å². The van der Waals surface area contributed by atoms with Gasteiger partial charge in [0.25, 0.3) is 0 Å². The van der Waals surface area contributed by atoms with E-state index in [2.05, 4.69) is 9.83 Å². The molecule has 0 fully saturated rings. The molecule has 1 heterocycles. The number of esters is 1. The molecule has 0 bridgehead atoms. The number of ether oxygens (including phenoxy) is 1. The smallest absolute Gasteiger partial charge is 0.343 e. The van der Waals surface area contributed by atoms with Gasteiger partial charge in [-0.1, -0.05) is 36.4 Å². The van der Waals surface area contributed by atoms with Crippen LogP contribution in [-0.2, 0) is 4.74 Å². The van der Waals surface area contributed by atoms with Crippen molar-refractivity contribution >= 4 is 22.6 Å². The predicted octanol–water partition coefficient (Wildman–Crippen LogP) is 3.92. The third-order valence-electron chi connectivity index (χ3n) is 3.72. The summed E-state index contributed by atoms with van der Waals surface area (Å²) in [7, 11) is 0. The number of benzene rings is 2. The van der Waals surface area contributed by atoms with Gasteiger partial charge in [0.1, 0.15) is 5.56 Å². The second-order valence-electron chi connectivity index (χ2n) is 5.14. The van der Waals surface area contributed by atoms with E-state index in [1.165, 1.54) is 6.20 Å². The Hall–Kier alpha value is -3.39. The third kappa shape index (κ3) is 2.66. The van der Waals surface area contributed by atoms with Crippen molar-refractivity contribution in [2.45, 2.75) is 6.92 Å². The summed E-state index contributed by atoms with van der Waals surface area (Å²) in [6.45, 7) is 8.91. The molecule has 0 saturated heterocycles. The Labute approximate surface area is 138 Å². The molecule has 0 radical (unpaired) electrons. The van der Waals surface area contributed by atoms with Gasteiger partial charge in [-0.3, -0.25) is 4.79 Å². The van der Waals surface area contributed by atoms with Crippen molar-refractivity contribution < 1.29 is 9.53 Å². The fourth-order valence-electron chi connectivity index (χ4n) is 2.57. The molecule has 0 aliphatic heterocycles. The van der Waals surface area contributed by atoms with Crippen molar-refractivity contribution in [2.75, 3.05) is 6.61 Å². The van der Waals surface area contributed by atoms with E-state index in [9.17, 15) is 9.59 Å². The number of H-pyrrole nitrogens is 1. The second-order valence-corrected chi connectivity index (χ2v) is 5.14. The number of carbonyl (C=O) groups excluding carboxylic acids is 1. The zero-order valence-corrected chi connectivity index (χ0v) is 13.0. The van der Waals surface area contributed by atoms with Gasteiger partial charge in [0, 0.05) is 17.1 Å². The van der Waals surface area contributed by atoms with E-state index in [0.717, 1.165) is 11.1 Å². The number of para-hydroxylation sites is 1. The summed E-state index contributed by atoms with van der Waals surface area (Å²) in [6, 6.07) is 12.5. The van der Waals surface area contributed by atoms with E-state index in [-0.39, 0.29) is 17.6 Å². The van der Waals surface area contributed by atoms with E-state index in [0.29, 0.717) is 16.6 Å². The molecule has 3 rings (SSSR count). The van der Waals surface area contributed by atoms with Crippen LogP contribution in [0.3, 0.4) is 0 Å². The SMILES string of the molecule is [C-]#[N+]c1ccc(-c2cccc3c(=O)c(C(=O)OCC)c[nH]c23)cc1. The molecule has 1 aromatic heterocycles. The number of pyridine rings is 1. The number of carbonyl (C=O) groups is 1. The Kier molecular flexibility index (Phi) is 4.13. The first kappa shape index (κ1) is 15.5. The molecular weight excluding hydrogens is 304 g/mol. The number of nitrogens with zero attached hydrogens (tertiary/aromatic N) is 1. The van der Waals surface area contributed by atoms with Crippen LogP contribution in [0.2, 0.25) is 0 Å². The lowest BCUT2D eigenvalue weighted by molar-refractivity contribution is 0.0524. The van der Waals surface area contributed by atoms with Crippen molar-refractivity contribution in [3.05, 3.63) is 75.9 Å². The fraction of sp³-hybridized carbons (Fsp3) is 0.105. The minimum Gasteiger partial charge on any atom is -0.462 e. The highest BCUT2D eigenvalue weighted by Gasteiger charge is 2.15. The van der Waals surface area contributed by atoms with Crippen molar-refractivity contribution in [1.29, 1.82) is 0 Å². The van der Waals surface area contributed by atoms with Crippen LogP contribution in [0.15, 0.2) is 53.5 Å². The van der Waals surface area contributed by atoms with Gasteiger partial charge in [-0.25, -0.2) is 9.64 Å². The Balaban J connectivity index is 2.18. The first-order chi connectivity index (χ1) is 11.7. The molecule has 0 saturated carbocycles. The molecule has 0 spiro atoms. The number of nitrogens with one attached hydrogen (secondary N) is 1. The number of fused-ring (bicyclic) bond motifs is 1. The molecule has 0 aliphatic rings. The highest BCUT2D eigenvalue weighted by molar-refractivity contribution is 5.98. The highest BCUT2D eigenvalue weighted by Crippen LogP contribution is 2.27. The standard InChI is InChI=1S/C19H14N2O3/c1-3-24-19(23)16-11-21-17-14(5-4-6-15(17)18(16)22)12-7-9-13(20-2)10-8-12/h4-11H,3H2,1H3,(H,21,22). The summed E-state index contributed by atoms with van der Waals surface area (Å²) < 4.78 is 4.91. The normalized spacial score (nSPS) is 10.3. The highest BCUT2D eigenvalue weighted by atomic mass is 16.5. The van der Waals surface area contributed by atoms with E-state index in [1.54, 1.807) is 31.2 Å². The first-order valence-electron chi connectivity index (χ1n) is 7.45. The van der Waals surface area contributed by atoms with Gasteiger partial charge >= 0.3 is 5.97 Å². The molecule has 0 aliphatic carbocycles. The van der Waals surface area contributed by atoms with Crippen LogP contribution in [0, 0.1) is 6.57 Å². The first-order valence-corrected chi connectivity index (χ1v) is 7.45. The Bertz CT molecular complexity index is 1010. The molecule has 1 N–H and O–H groups in total. The van der Waals surface area contributed by atoms with Crippen LogP contribution in [0.5, 0.6) is 0 Å². The van der Waals surface area contributed by atoms with E-state index < -0.39 is 5.97 Å². The maximum absolute atomic E-state index is 12.6. The third-order valence-corrected chi connectivity index (χ3v) is 3.72. The topological polar surface area (TPSA) is 63.5 Å². The number of hydrogen-bond acceptors (Lipinski definition) is 3. The molecule has 2 aromatic carbocycles. The summed E-state index contributed by atoms with van der Waals surface area (Å²) in [4.78, 5) is 30.8. The summed E-state index contributed by atoms with van der Waals surface area (Å²) in [5.41, 5.74) is 2.54. The number of hydrogen-bond donors (Lipinski definition) is 1. The second kappa shape index (κ2) is 6.39. The monoisotopic (exact) mass is 318 g/mol. The fourth-order valence-corrected chi connectivity index (χ4v) is 2.57. The van der Waals surface area contributed by atoms with Crippen molar-refractivity contribution in [1.82, 2.24) is 4.98 Å². The van der Waals surface area contributed by atoms with Crippen LogP contribution in [-0.4, -0.2) is 17.6 Å². The molecular formula is C19H14N2O3. The molecule has 0 amide bonds. The number of aromatic amines is 1. The van der Waals surface area contributed by atoms with Crippen LogP contribution < -0.4 is 5.43 Å². The molecule has 0 atom stereocenters. The average Bonchev–Trinajstić information content (AvgIpc) is 2.62. The molecule has 24 heavy (non-hydrogen) atoms.